The summed E-state index contributed by atoms with van der Waals surface area (Å²) in [5.41, 5.74) is 1.50. The lowest BCUT2D eigenvalue weighted by Gasteiger charge is -2.32. The quantitative estimate of drug-likeness (QED) is 0.938. The molecule has 23 heavy (non-hydrogen) atoms. The van der Waals surface area contributed by atoms with Crippen molar-refractivity contribution >= 4 is 11.6 Å². The van der Waals surface area contributed by atoms with E-state index in [1.165, 1.54) is 0 Å². The van der Waals surface area contributed by atoms with Crippen LogP contribution in [0.5, 0.6) is 0 Å². The standard InChI is InChI=1S/C17H20N4O2/c22-16(12-8-9-12)14-11-21(19-18-14)15-7-4-10-20(17(15)23)13-5-2-1-3-6-13/h1-3,5-6,11-12,15-16,22H,4,7-10H2. The van der Waals surface area contributed by atoms with Gasteiger partial charge in [-0.05, 0) is 43.7 Å². The van der Waals surface area contributed by atoms with Gasteiger partial charge < -0.3 is 10.0 Å². The molecule has 2 aliphatic rings. The van der Waals surface area contributed by atoms with E-state index in [4.69, 9.17) is 0 Å². The molecule has 1 saturated heterocycles. The molecule has 120 valence electrons. The monoisotopic (exact) mass is 312 g/mol. The first-order chi connectivity index (χ1) is 11.2. The van der Waals surface area contributed by atoms with Gasteiger partial charge in [0, 0.05) is 12.2 Å². The van der Waals surface area contributed by atoms with Gasteiger partial charge in [-0.15, -0.1) is 5.10 Å². The van der Waals surface area contributed by atoms with E-state index in [0.29, 0.717) is 11.6 Å². The van der Waals surface area contributed by atoms with E-state index >= 15 is 0 Å². The number of aromatic nitrogens is 3. The molecule has 2 atom stereocenters. The second kappa shape index (κ2) is 5.77. The summed E-state index contributed by atoms with van der Waals surface area (Å²) in [5.74, 6) is 0.350. The minimum atomic E-state index is -0.548. The fourth-order valence-corrected chi connectivity index (χ4v) is 3.20. The Morgan fingerprint density at radius 3 is 2.70 bits per heavy atom. The fraction of sp³-hybridized carbons (Fsp3) is 0.471. The Bertz CT molecular complexity index is 696. The van der Waals surface area contributed by atoms with Crippen molar-refractivity contribution in [2.45, 2.75) is 37.8 Å². The average molecular weight is 312 g/mol. The minimum absolute atomic E-state index is 0.0415. The van der Waals surface area contributed by atoms with E-state index in [-0.39, 0.29) is 11.9 Å². The van der Waals surface area contributed by atoms with E-state index in [1.54, 1.807) is 10.9 Å². The number of hydrogen-bond donors (Lipinski definition) is 1. The van der Waals surface area contributed by atoms with Crippen molar-refractivity contribution in [1.82, 2.24) is 15.0 Å². The number of carbonyl (C=O) groups excluding carboxylic acids is 1. The number of anilines is 1. The zero-order valence-corrected chi connectivity index (χ0v) is 12.9. The van der Waals surface area contributed by atoms with E-state index in [0.717, 1.165) is 37.9 Å². The Kier molecular flexibility index (Phi) is 3.61. The average Bonchev–Trinajstić information content (AvgIpc) is 3.32. The lowest BCUT2D eigenvalue weighted by atomic mass is 10.0. The molecule has 2 fully saturated rings. The van der Waals surface area contributed by atoms with Crippen molar-refractivity contribution < 1.29 is 9.90 Å². The molecule has 1 saturated carbocycles. The summed E-state index contributed by atoms with van der Waals surface area (Å²) in [6, 6.07) is 9.38. The van der Waals surface area contributed by atoms with Crippen LogP contribution in [0, 0.1) is 5.92 Å². The molecule has 2 heterocycles. The zero-order chi connectivity index (χ0) is 15.8. The molecular formula is C17H20N4O2. The number of piperidine rings is 1. The van der Waals surface area contributed by atoms with Crippen molar-refractivity contribution in [3.63, 3.8) is 0 Å². The normalized spacial score (nSPS) is 23.1. The molecule has 1 amide bonds. The second-order valence-electron chi connectivity index (χ2n) is 6.39. The summed E-state index contributed by atoms with van der Waals surface area (Å²) in [7, 11) is 0. The number of carbonyl (C=O) groups is 1. The number of nitrogens with zero attached hydrogens (tertiary/aromatic N) is 4. The van der Waals surface area contributed by atoms with Gasteiger partial charge in [0.1, 0.15) is 17.8 Å². The SMILES string of the molecule is O=C1C(n2cc(C(O)C3CC3)nn2)CCCN1c1ccccc1. The van der Waals surface area contributed by atoms with Crippen molar-refractivity contribution in [2.75, 3.05) is 11.4 Å². The molecule has 2 unspecified atom stereocenters. The number of para-hydroxylation sites is 1. The second-order valence-corrected chi connectivity index (χ2v) is 6.39. The van der Waals surface area contributed by atoms with Gasteiger partial charge in [-0.2, -0.15) is 0 Å². The number of aliphatic hydroxyl groups is 1. The lowest BCUT2D eigenvalue weighted by molar-refractivity contribution is -0.123. The van der Waals surface area contributed by atoms with E-state index in [9.17, 15) is 9.90 Å². The molecule has 1 aliphatic heterocycles. The largest absolute Gasteiger partial charge is 0.386 e. The summed E-state index contributed by atoms with van der Waals surface area (Å²) in [6.07, 6.45) is 4.94. The van der Waals surface area contributed by atoms with Crippen LogP contribution < -0.4 is 4.90 Å². The molecular weight excluding hydrogens is 292 g/mol. The van der Waals surface area contributed by atoms with Gasteiger partial charge in [0.2, 0.25) is 0 Å². The maximum Gasteiger partial charge on any atom is 0.251 e. The fourth-order valence-electron chi connectivity index (χ4n) is 3.20. The van der Waals surface area contributed by atoms with Crippen LogP contribution in [-0.2, 0) is 4.79 Å². The van der Waals surface area contributed by atoms with Gasteiger partial charge in [0.25, 0.3) is 5.91 Å². The summed E-state index contributed by atoms with van der Waals surface area (Å²) < 4.78 is 1.62. The van der Waals surface area contributed by atoms with Crippen molar-refractivity contribution in [2.24, 2.45) is 5.92 Å². The van der Waals surface area contributed by atoms with Crippen molar-refractivity contribution in [3.8, 4) is 0 Å². The van der Waals surface area contributed by atoms with Gasteiger partial charge in [-0.1, -0.05) is 23.4 Å². The summed E-state index contributed by atoms with van der Waals surface area (Å²) in [6.45, 7) is 0.728. The van der Waals surface area contributed by atoms with Gasteiger partial charge in [0.15, 0.2) is 0 Å². The summed E-state index contributed by atoms with van der Waals surface area (Å²) in [5, 5.41) is 18.3. The molecule has 1 N–H and O–H groups in total. The molecule has 0 spiro atoms. The third kappa shape index (κ3) is 2.74. The van der Waals surface area contributed by atoms with Gasteiger partial charge in [-0.3, -0.25) is 4.79 Å². The predicted octanol–water partition coefficient (Wildman–Crippen LogP) is 2.09. The number of aliphatic hydroxyl groups excluding tert-OH is 1. The molecule has 1 aromatic carbocycles. The highest BCUT2D eigenvalue weighted by atomic mass is 16.3. The molecule has 4 rings (SSSR count). The molecule has 6 nitrogen and oxygen atoms in total. The van der Waals surface area contributed by atoms with Crippen LogP contribution in [0.1, 0.15) is 43.5 Å². The van der Waals surface area contributed by atoms with E-state index in [2.05, 4.69) is 10.3 Å². The van der Waals surface area contributed by atoms with Crippen LogP contribution >= 0.6 is 0 Å². The third-order valence-electron chi connectivity index (χ3n) is 4.70. The van der Waals surface area contributed by atoms with Crippen LogP contribution in [-0.4, -0.2) is 32.6 Å². The zero-order valence-electron chi connectivity index (χ0n) is 12.9. The lowest BCUT2D eigenvalue weighted by Crippen LogP contribution is -2.42. The molecule has 1 aliphatic carbocycles. The predicted molar refractivity (Wildman–Crippen MR) is 84.8 cm³/mol. The Morgan fingerprint density at radius 2 is 1.96 bits per heavy atom. The third-order valence-corrected chi connectivity index (χ3v) is 4.70. The molecule has 0 bridgehead atoms. The van der Waals surface area contributed by atoms with Crippen LogP contribution in [0.25, 0.3) is 0 Å². The maximum absolute atomic E-state index is 12.8. The first kappa shape index (κ1) is 14.4. The highest BCUT2D eigenvalue weighted by Crippen LogP contribution is 2.40. The van der Waals surface area contributed by atoms with Crippen LogP contribution in [0.4, 0.5) is 5.69 Å². The summed E-state index contributed by atoms with van der Waals surface area (Å²) >= 11 is 0. The van der Waals surface area contributed by atoms with Crippen LogP contribution in [0.2, 0.25) is 0 Å². The smallest absolute Gasteiger partial charge is 0.251 e. The highest BCUT2D eigenvalue weighted by Gasteiger charge is 2.35. The summed E-state index contributed by atoms with van der Waals surface area (Å²) in [4.78, 5) is 14.6. The Hall–Kier alpha value is -2.21. The van der Waals surface area contributed by atoms with Crippen molar-refractivity contribution in [1.29, 1.82) is 0 Å². The Morgan fingerprint density at radius 1 is 1.17 bits per heavy atom. The topological polar surface area (TPSA) is 71.2 Å². The number of amides is 1. The number of hydrogen-bond acceptors (Lipinski definition) is 4. The first-order valence-electron chi connectivity index (χ1n) is 8.20. The van der Waals surface area contributed by atoms with Gasteiger partial charge >= 0.3 is 0 Å². The molecule has 1 aromatic heterocycles. The van der Waals surface area contributed by atoms with Gasteiger partial charge in [-0.25, -0.2) is 4.68 Å². The Labute approximate surface area is 134 Å². The number of rotatable bonds is 4. The van der Waals surface area contributed by atoms with Crippen LogP contribution in [0.15, 0.2) is 36.5 Å². The highest BCUT2D eigenvalue weighted by molar-refractivity contribution is 5.96. The van der Waals surface area contributed by atoms with Crippen LogP contribution in [0.3, 0.4) is 0 Å². The van der Waals surface area contributed by atoms with E-state index in [1.807, 2.05) is 35.2 Å². The maximum atomic E-state index is 12.8. The minimum Gasteiger partial charge on any atom is -0.386 e. The van der Waals surface area contributed by atoms with E-state index < -0.39 is 6.10 Å². The van der Waals surface area contributed by atoms with Gasteiger partial charge in [0.05, 0.1) is 6.20 Å². The first-order valence-corrected chi connectivity index (χ1v) is 8.20. The molecule has 6 heteroatoms. The number of benzene rings is 1. The van der Waals surface area contributed by atoms with Crippen molar-refractivity contribution in [3.05, 3.63) is 42.2 Å². The Balaban J connectivity index is 1.55. The molecule has 2 aromatic rings. The molecule has 0 radical (unpaired) electrons.